The van der Waals surface area contributed by atoms with Gasteiger partial charge in [0.15, 0.2) is 0 Å². The number of hydrogen-bond acceptors (Lipinski definition) is 6. The molecule has 0 bridgehead atoms. The number of halogens is 2. The average molecular weight is 426 g/mol. The molecule has 2 aromatic rings. The van der Waals surface area contributed by atoms with Crippen molar-refractivity contribution in [2.24, 2.45) is 0 Å². The van der Waals surface area contributed by atoms with E-state index >= 15 is 0 Å². The fraction of sp³-hybridized carbons (Fsp3) is 0.444. The molecule has 9 nitrogen and oxygen atoms in total. The van der Waals surface area contributed by atoms with Crippen LogP contribution in [0.1, 0.15) is 12.0 Å². The maximum absolute atomic E-state index is 13.2. The van der Waals surface area contributed by atoms with Crippen molar-refractivity contribution < 1.29 is 18.8 Å². The monoisotopic (exact) mass is 425 g/mol. The van der Waals surface area contributed by atoms with Gasteiger partial charge in [0.25, 0.3) is 0 Å². The standard InChI is InChI=1S/C18H21ClFN5O4/c1-29-18-16(25(27)28)12-24(21-18)5-4-17(26)23-8-6-22(7-9-23)11-13-2-3-14(20)10-15(13)19/h2-3,10,12H,4-9,11H2,1H3. The van der Waals surface area contributed by atoms with Crippen molar-refractivity contribution in [3.8, 4) is 5.88 Å². The highest BCUT2D eigenvalue weighted by Gasteiger charge is 2.23. The van der Waals surface area contributed by atoms with Crippen LogP contribution in [-0.2, 0) is 17.9 Å². The van der Waals surface area contributed by atoms with Gasteiger partial charge in [0.1, 0.15) is 12.0 Å². The Bertz CT molecular complexity index is 898. The number of nitrogens with zero attached hydrogens (tertiary/aromatic N) is 5. The molecule has 0 saturated carbocycles. The maximum Gasteiger partial charge on any atom is 0.350 e. The highest BCUT2D eigenvalue weighted by atomic mass is 35.5. The summed E-state index contributed by atoms with van der Waals surface area (Å²) in [4.78, 5) is 26.8. The first-order valence-electron chi connectivity index (χ1n) is 9.07. The molecule has 1 fully saturated rings. The van der Waals surface area contributed by atoms with Gasteiger partial charge >= 0.3 is 11.6 Å². The second-order valence-electron chi connectivity index (χ2n) is 6.69. The third kappa shape index (κ3) is 5.21. The minimum absolute atomic E-state index is 0.0402. The number of rotatable bonds is 7. The van der Waals surface area contributed by atoms with Gasteiger partial charge in [0.05, 0.1) is 18.6 Å². The van der Waals surface area contributed by atoms with E-state index in [4.69, 9.17) is 16.3 Å². The molecule has 0 atom stereocenters. The van der Waals surface area contributed by atoms with Gasteiger partial charge in [-0.3, -0.25) is 24.5 Å². The number of carbonyl (C=O) groups is 1. The van der Waals surface area contributed by atoms with Gasteiger partial charge in [-0.1, -0.05) is 17.7 Å². The van der Waals surface area contributed by atoms with Gasteiger partial charge < -0.3 is 9.64 Å². The zero-order valence-electron chi connectivity index (χ0n) is 15.9. The molecule has 3 rings (SSSR count). The molecular weight excluding hydrogens is 405 g/mol. The van der Waals surface area contributed by atoms with Crippen molar-refractivity contribution in [2.45, 2.75) is 19.5 Å². The summed E-state index contributed by atoms with van der Waals surface area (Å²) in [5.74, 6) is -0.480. The SMILES string of the molecule is COc1nn(CCC(=O)N2CCN(Cc3ccc(F)cc3Cl)CC2)cc1[N+](=O)[O-]. The summed E-state index contributed by atoms with van der Waals surface area (Å²) < 4.78 is 19.4. The molecule has 0 aliphatic carbocycles. The topological polar surface area (TPSA) is 93.7 Å². The van der Waals surface area contributed by atoms with Crippen LogP contribution >= 0.6 is 11.6 Å². The van der Waals surface area contributed by atoms with Crippen LogP contribution in [0.5, 0.6) is 5.88 Å². The zero-order chi connectivity index (χ0) is 21.0. The van der Waals surface area contributed by atoms with E-state index in [-0.39, 0.29) is 36.3 Å². The molecule has 1 aromatic carbocycles. The summed E-state index contributed by atoms with van der Waals surface area (Å²) in [7, 11) is 1.31. The normalized spacial score (nSPS) is 14.8. The smallest absolute Gasteiger partial charge is 0.350 e. The van der Waals surface area contributed by atoms with Crippen molar-refractivity contribution >= 4 is 23.2 Å². The van der Waals surface area contributed by atoms with E-state index < -0.39 is 4.92 Å². The molecule has 156 valence electrons. The quantitative estimate of drug-likeness (QED) is 0.499. The molecular formula is C18H21ClFN5O4. The highest BCUT2D eigenvalue weighted by molar-refractivity contribution is 6.31. The highest BCUT2D eigenvalue weighted by Crippen LogP contribution is 2.24. The van der Waals surface area contributed by atoms with Crippen LogP contribution in [0.4, 0.5) is 10.1 Å². The molecule has 1 aliphatic rings. The minimum atomic E-state index is -0.573. The zero-order valence-corrected chi connectivity index (χ0v) is 16.6. The molecule has 0 N–H and O–H groups in total. The molecule has 29 heavy (non-hydrogen) atoms. The van der Waals surface area contributed by atoms with E-state index in [1.165, 1.54) is 30.1 Å². The third-order valence-electron chi connectivity index (χ3n) is 4.79. The molecule has 1 saturated heterocycles. The number of carbonyl (C=O) groups excluding carboxylic acids is 1. The van der Waals surface area contributed by atoms with Crippen molar-refractivity contribution in [3.63, 3.8) is 0 Å². The fourth-order valence-electron chi connectivity index (χ4n) is 3.19. The number of nitro groups is 1. The molecule has 1 aliphatic heterocycles. The molecule has 1 amide bonds. The summed E-state index contributed by atoms with van der Waals surface area (Å²) in [6.07, 6.45) is 1.45. The lowest BCUT2D eigenvalue weighted by Crippen LogP contribution is -2.48. The second kappa shape index (κ2) is 9.19. The van der Waals surface area contributed by atoms with Gasteiger partial charge in [-0.15, -0.1) is 5.10 Å². The van der Waals surface area contributed by atoms with E-state index in [1.54, 1.807) is 11.0 Å². The van der Waals surface area contributed by atoms with Crippen LogP contribution in [0.2, 0.25) is 5.02 Å². The number of methoxy groups -OCH3 is 1. The average Bonchev–Trinajstić information content (AvgIpc) is 3.12. The fourth-order valence-corrected chi connectivity index (χ4v) is 3.42. The Morgan fingerprint density at radius 3 is 2.66 bits per heavy atom. The second-order valence-corrected chi connectivity index (χ2v) is 7.09. The van der Waals surface area contributed by atoms with Gasteiger partial charge in [-0.25, -0.2) is 4.39 Å². The first kappa shape index (κ1) is 21.0. The number of amides is 1. The van der Waals surface area contributed by atoms with Crippen molar-refractivity contribution in [1.29, 1.82) is 0 Å². The number of aromatic nitrogens is 2. The molecule has 11 heteroatoms. The predicted octanol–water partition coefficient (Wildman–Crippen LogP) is 2.33. The number of aryl methyl sites for hydroxylation is 1. The van der Waals surface area contributed by atoms with Gasteiger partial charge in [0, 0.05) is 44.2 Å². The van der Waals surface area contributed by atoms with Crippen molar-refractivity contribution in [2.75, 3.05) is 33.3 Å². The summed E-state index contributed by atoms with van der Waals surface area (Å²) in [6.45, 7) is 3.33. The number of piperazine rings is 1. The predicted molar refractivity (Wildman–Crippen MR) is 103 cm³/mol. The van der Waals surface area contributed by atoms with Crippen LogP contribution in [0, 0.1) is 15.9 Å². The molecule has 1 aromatic heterocycles. The third-order valence-corrected chi connectivity index (χ3v) is 5.14. The Morgan fingerprint density at radius 1 is 1.34 bits per heavy atom. The Hall–Kier alpha value is -2.72. The lowest BCUT2D eigenvalue weighted by Gasteiger charge is -2.35. The van der Waals surface area contributed by atoms with Crippen LogP contribution in [0.25, 0.3) is 0 Å². The Balaban J connectivity index is 1.48. The Morgan fingerprint density at radius 2 is 2.07 bits per heavy atom. The lowest BCUT2D eigenvalue weighted by molar-refractivity contribution is -0.385. The summed E-state index contributed by atoms with van der Waals surface area (Å²) in [6, 6.07) is 4.35. The number of benzene rings is 1. The van der Waals surface area contributed by atoms with Gasteiger partial charge in [-0.2, -0.15) is 0 Å². The van der Waals surface area contributed by atoms with Crippen molar-refractivity contribution in [3.05, 3.63) is 50.9 Å². The van der Waals surface area contributed by atoms with Crippen molar-refractivity contribution in [1.82, 2.24) is 19.6 Å². The van der Waals surface area contributed by atoms with Gasteiger partial charge in [-0.05, 0) is 17.7 Å². The lowest BCUT2D eigenvalue weighted by atomic mass is 10.2. The van der Waals surface area contributed by atoms with Crippen LogP contribution in [-0.4, -0.2) is 63.7 Å². The summed E-state index contributed by atoms with van der Waals surface area (Å²) >= 11 is 6.08. The minimum Gasteiger partial charge on any atom is -0.475 e. The number of ether oxygens (including phenoxy) is 1. The van der Waals surface area contributed by atoms with E-state index in [1.807, 2.05) is 0 Å². The molecule has 0 unspecified atom stereocenters. The van der Waals surface area contributed by atoms with Crippen LogP contribution < -0.4 is 4.74 Å². The van der Waals surface area contributed by atoms with Gasteiger partial charge in [0.2, 0.25) is 5.91 Å². The van der Waals surface area contributed by atoms with E-state index in [9.17, 15) is 19.3 Å². The molecule has 0 spiro atoms. The maximum atomic E-state index is 13.2. The van der Waals surface area contributed by atoms with E-state index in [2.05, 4.69) is 10.00 Å². The van der Waals surface area contributed by atoms with E-state index in [0.29, 0.717) is 37.7 Å². The first-order chi connectivity index (χ1) is 13.9. The summed E-state index contributed by atoms with van der Waals surface area (Å²) in [5.41, 5.74) is 0.620. The molecule has 0 radical (unpaired) electrons. The van der Waals surface area contributed by atoms with Crippen LogP contribution in [0.3, 0.4) is 0 Å². The molecule has 2 heterocycles. The van der Waals surface area contributed by atoms with E-state index in [0.717, 1.165) is 5.56 Å². The first-order valence-corrected chi connectivity index (χ1v) is 9.45. The Labute approximate surface area is 171 Å². The summed E-state index contributed by atoms with van der Waals surface area (Å²) in [5, 5.41) is 15.3. The van der Waals surface area contributed by atoms with Crippen LogP contribution in [0.15, 0.2) is 24.4 Å². The Kier molecular flexibility index (Phi) is 6.65. The largest absolute Gasteiger partial charge is 0.475 e. The number of hydrogen-bond donors (Lipinski definition) is 0.